The standard InChI is InChI=1S/C15H10ClNO2S/c1-8-5-6-13(20-8)12-7-9(15(18)19)14-10(16)3-2-4-11(14)17-12/h2-7H,1H3,(H,18,19). The summed E-state index contributed by atoms with van der Waals surface area (Å²) in [6.07, 6.45) is 0. The third-order valence-corrected chi connectivity index (χ3v) is 4.34. The molecule has 3 aromatic rings. The van der Waals surface area contributed by atoms with Crippen LogP contribution in [-0.2, 0) is 0 Å². The molecule has 2 aromatic heterocycles. The summed E-state index contributed by atoms with van der Waals surface area (Å²) in [6.45, 7) is 2.00. The van der Waals surface area contributed by atoms with Crippen molar-refractivity contribution in [1.29, 1.82) is 0 Å². The summed E-state index contributed by atoms with van der Waals surface area (Å²) in [5.41, 5.74) is 1.44. The predicted molar refractivity (Wildman–Crippen MR) is 81.8 cm³/mol. The second kappa shape index (κ2) is 4.89. The van der Waals surface area contributed by atoms with Crippen LogP contribution in [0.3, 0.4) is 0 Å². The molecule has 1 aromatic carbocycles. The van der Waals surface area contributed by atoms with Crippen LogP contribution in [0.5, 0.6) is 0 Å². The average Bonchev–Trinajstić information content (AvgIpc) is 2.84. The lowest BCUT2D eigenvalue weighted by Crippen LogP contribution is -2.00. The minimum absolute atomic E-state index is 0.182. The van der Waals surface area contributed by atoms with Gasteiger partial charge in [0.25, 0.3) is 0 Å². The van der Waals surface area contributed by atoms with E-state index in [0.29, 0.717) is 21.6 Å². The van der Waals surface area contributed by atoms with E-state index < -0.39 is 5.97 Å². The van der Waals surface area contributed by atoms with Gasteiger partial charge in [0.1, 0.15) is 0 Å². The Kier molecular flexibility index (Phi) is 3.20. The SMILES string of the molecule is Cc1ccc(-c2cc(C(=O)O)c3c(Cl)cccc3n2)s1. The molecular formula is C15H10ClNO2S. The van der Waals surface area contributed by atoms with Gasteiger partial charge < -0.3 is 5.11 Å². The van der Waals surface area contributed by atoms with E-state index in [-0.39, 0.29) is 5.56 Å². The van der Waals surface area contributed by atoms with E-state index in [1.54, 1.807) is 35.6 Å². The maximum atomic E-state index is 11.5. The summed E-state index contributed by atoms with van der Waals surface area (Å²) < 4.78 is 0. The number of thiophene rings is 1. The number of hydrogen-bond acceptors (Lipinski definition) is 3. The molecule has 0 saturated carbocycles. The number of aryl methyl sites for hydroxylation is 1. The Morgan fingerprint density at radius 1 is 1.30 bits per heavy atom. The van der Waals surface area contributed by atoms with Crippen molar-refractivity contribution in [1.82, 2.24) is 4.98 Å². The van der Waals surface area contributed by atoms with Gasteiger partial charge in [0.2, 0.25) is 0 Å². The number of pyridine rings is 1. The van der Waals surface area contributed by atoms with Crippen LogP contribution in [0.1, 0.15) is 15.2 Å². The van der Waals surface area contributed by atoms with Crippen molar-refractivity contribution in [2.24, 2.45) is 0 Å². The number of carboxylic acid groups (broad SMARTS) is 1. The van der Waals surface area contributed by atoms with Gasteiger partial charge in [-0.15, -0.1) is 11.3 Å². The Bertz CT molecular complexity index is 826. The number of benzene rings is 1. The fraction of sp³-hybridized carbons (Fsp3) is 0.0667. The molecule has 0 unspecified atom stereocenters. The number of aromatic nitrogens is 1. The van der Waals surface area contributed by atoms with Crippen molar-refractivity contribution in [3.63, 3.8) is 0 Å². The lowest BCUT2D eigenvalue weighted by Gasteiger charge is -2.07. The quantitative estimate of drug-likeness (QED) is 0.751. The molecule has 0 aliphatic heterocycles. The molecule has 100 valence electrons. The molecule has 0 spiro atoms. The van der Waals surface area contributed by atoms with Crippen molar-refractivity contribution in [3.05, 3.63) is 51.9 Å². The first-order chi connectivity index (χ1) is 9.56. The Labute approximate surface area is 124 Å². The topological polar surface area (TPSA) is 50.2 Å². The van der Waals surface area contributed by atoms with E-state index >= 15 is 0 Å². The predicted octanol–water partition coefficient (Wildman–Crippen LogP) is 4.62. The second-order valence-electron chi connectivity index (χ2n) is 4.40. The van der Waals surface area contributed by atoms with Crippen LogP contribution >= 0.6 is 22.9 Å². The Morgan fingerprint density at radius 2 is 2.10 bits per heavy atom. The van der Waals surface area contributed by atoms with Gasteiger partial charge in [-0.2, -0.15) is 0 Å². The van der Waals surface area contributed by atoms with Gasteiger partial charge in [-0.05, 0) is 37.3 Å². The van der Waals surface area contributed by atoms with Crippen LogP contribution < -0.4 is 0 Å². The highest BCUT2D eigenvalue weighted by atomic mass is 35.5. The van der Waals surface area contributed by atoms with Gasteiger partial charge in [-0.1, -0.05) is 17.7 Å². The van der Waals surface area contributed by atoms with Crippen molar-refractivity contribution in [2.75, 3.05) is 0 Å². The minimum atomic E-state index is -1.000. The molecule has 3 rings (SSSR count). The molecule has 0 fully saturated rings. The summed E-state index contributed by atoms with van der Waals surface area (Å²) in [7, 11) is 0. The van der Waals surface area contributed by atoms with Crippen LogP contribution in [0.15, 0.2) is 36.4 Å². The zero-order valence-electron chi connectivity index (χ0n) is 10.6. The molecule has 5 heteroatoms. The molecule has 0 amide bonds. The smallest absolute Gasteiger partial charge is 0.336 e. The molecular weight excluding hydrogens is 294 g/mol. The number of rotatable bonds is 2. The third-order valence-electron chi connectivity index (χ3n) is 3.01. The molecule has 3 nitrogen and oxygen atoms in total. The lowest BCUT2D eigenvalue weighted by molar-refractivity contribution is 0.0699. The summed E-state index contributed by atoms with van der Waals surface area (Å²) in [4.78, 5) is 18.1. The number of carbonyl (C=O) groups is 1. The van der Waals surface area contributed by atoms with Crippen LogP contribution in [0.25, 0.3) is 21.5 Å². The zero-order chi connectivity index (χ0) is 14.3. The van der Waals surface area contributed by atoms with E-state index in [1.807, 2.05) is 19.1 Å². The number of hydrogen-bond donors (Lipinski definition) is 1. The molecule has 0 aliphatic rings. The molecule has 0 bridgehead atoms. The highest BCUT2D eigenvalue weighted by molar-refractivity contribution is 7.15. The molecule has 0 saturated heterocycles. The summed E-state index contributed by atoms with van der Waals surface area (Å²) in [5.74, 6) is -1.000. The minimum Gasteiger partial charge on any atom is -0.478 e. The molecule has 1 N–H and O–H groups in total. The summed E-state index contributed by atoms with van der Waals surface area (Å²) in [6, 6.07) is 10.7. The van der Waals surface area contributed by atoms with Crippen LogP contribution in [0.4, 0.5) is 0 Å². The maximum absolute atomic E-state index is 11.5. The fourth-order valence-electron chi connectivity index (χ4n) is 2.11. The number of carboxylic acids is 1. The van der Waals surface area contributed by atoms with Gasteiger partial charge in [0.05, 0.1) is 26.7 Å². The van der Waals surface area contributed by atoms with Crippen LogP contribution in [-0.4, -0.2) is 16.1 Å². The maximum Gasteiger partial charge on any atom is 0.336 e. The third kappa shape index (κ3) is 2.17. The van der Waals surface area contributed by atoms with Gasteiger partial charge in [-0.3, -0.25) is 0 Å². The van der Waals surface area contributed by atoms with E-state index in [0.717, 1.165) is 9.75 Å². The second-order valence-corrected chi connectivity index (χ2v) is 6.10. The van der Waals surface area contributed by atoms with Gasteiger partial charge >= 0.3 is 5.97 Å². The number of nitrogens with zero attached hydrogens (tertiary/aromatic N) is 1. The Hall–Kier alpha value is -1.91. The number of fused-ring (bicyclic) bond motifs is 1. The van der Waals surface area contributed by atoms with Gasteiger partial charge in [-0.25, -0.2) is 9.78 Å². The molecule has 2 heterocycles. The van der Waals surface area contributed by atoms with Gasteiger partial charge in [0, 0.05) is 10.3 Å². The molecule has 0 aliphatic carbocycles. The van der Waals surface area contributed by atoms with Crippen LogP contribution in [0.2, 0.25) is 5.02 Å². The van der Waals surface area contributed by atoms with Gasteiger partial charge in [0.15, 0.2) is 0 Å². The van der Waals surface area contributed by atoms with E-state index in [9.17, 15) is 9.90 Å². The first-order valence-corrected chi connectivity index (χ1v) is 7.15. The van der Waals surface area contributed by atoms with E-state index in [2.05, 4.69) is 4.98 Å². The van der Waals surface area contributed by atoms with Crippen molar-refractivity contribution >= 4 is 39.8 Å². The fourth-order valence-corrected chi connectivity index (χ4v) is 3.21. The zero-order valence-corrected chi connectivity index (χ0v) is 12.1. The van der Waals surface area contributed by atoms with E-state index in [1.165, 1.54) is 0 Å². The summed E-state index contributed by atoms with van der Waals surface area (Å²) in [5, 5.41) is 10.3. The largest absolute Gasteiger partial charge is 0.478 e. The lowest BCUT2D eigenvalue weighted by atomic mass is 10.1. The monoisotopic (exact) mass is 303 g/mol. The molecule has 20 heavy (non-hydrogen) atoms. The average molecular weight is 304 g/mol. The highest BCUT2D eigenvalue weighted by Gasteiger charge is 2.15. The van der Waals surface area contributed by atoms with Crippen molar-refractivity contribution in [2.45, 2.75) is 6.92 Å². The first kappa shape index (κ1) is 13.1. The normalized spacial score (nSPS) is 10.9. The van der Waals surface area contributed by atoms with Crippen LogP contribution in [0, 0.1) is 6.92 Å². The molecule has 0 radical (unpaired) electrons. The summed E-state index contributed by atoms with van der Waals surface area (Å²) >= 11 is 7.69. The Morgan fingerprint density at radius 3 is 2.75 bits per heavy atom. The molecule has 0 atom stereocenters. The number of halogens is 1. The first-order valence-electron chi connectivity index (χ1n) is 5.95. The van der Waals surface area contributed by atoms with Crippen molar-refractivity contribution in [3.8, 4) is 10.6 Å². The van der Waals surface area contributed by atoms with E-state index in [4.69, 9.17) is 11.6 Å². The highest BCUT2D eigenvalue weighted by Crippen LogP contribution is 2.32. The van der Waals surface area contributed by atoms with Crippen molar-refractivity contribution < 1.29 is 9.90 Å². The number of aromatic carboxylic acids is 1. The Balaban J connectivity index is 2.34.